The molecule has 0 saturated carbocycles. The van der Waals surface area contributed by atoms with Crippen LogP contribution in [0.25, 0.3) is 0 Å². The third kappa shape index (κ3) is 3.02. The van der Waals surface area contributed by atoms with Gasteiger partial charge in [0.25, 0.3) is 0 Å². The Bertz CT molecular complexity index is 387. The predicted molar refractivity (Wildman–Crippen MR) is 72.8 cm³/mol. The van der Waals surface area contributed by atoms with Crippen LogP contribution in [0.15, 0.2) is 18.2 Å². The highest BCUT2D eigenvalue weighted by Gasteiger charge is 2.17. The van der Waals surface area contributed by atoms with Crippen LogP contribution in [0.4, 0.5) is 5.69 Å². The highest BCUT2D eigenvalue weighted by Crippen LogP contribution is 2.22. The maximum Gasteiger partial charge on any atom is 0.0681 e. The number of benzene rings is 1. The summed E-state index contributed by atoms with van der Waals surface area (Å²) in [5.41, 5.74) is 3.45. The number of β-amino-alcohol motifs (C(OH)–C–C–N with tert-alkyl or cyclic N) is 1. The second-order valence-corrected chi connectivity index (χ2v) is 4.83. The summed E-state index contributed by atoms with van der Waals surface area (Å²) in [5.74, 6) is 0. The van der Waals surface area contributed by atoms with Gasteiger partial charge in [0, 0.05) is 38.4 Å². The monoisotopic (exact) mass is 250 g/mol. The smallest absolute Gasteiger partial charge is 0.0681 e. The van der Waals surface area contributed by atoms with Gasteiger partial charge in [-0.3, -0.25) is 4.90 Å². The molecule has 0 amide bonds. The van der Waals surface area contributed by atoms with Crippen molar-refractivity contribution in [1.29, 1.82) is 0 Å². The SMILES string of the molecule is Cc1cc(CO)ccc1N1CCN(CCO)CC1. The minimum Gasteiger partial charge on any atom is -0.395 e. The van der Waals surface area contributed by atoms with Gasteiger partial charge in [0.05, 0.1) is 13.2 Å². The lowest BCUT2D eigenvalue weighted by Crippen LogP contribution is -2.47. The van der Waals surface area contributed by atoms with E-state index >= 15 is 0 Å². The largest absolute Gasteiger partial charge is 0.395 e. The van der Waals surface area contributed by atoms with E-state index in [4.69, 9.17) is 10.2 Å². The summed E-state index contributed by atoms with van der Waals surface area (Å²) in [5, 5.41) is 18.0. The molecule has 1 aromatic carbocycles. The fourth-order valence-electron chi connectivity index (χ4n) is 2.52. The van der Waals surface area contributed by atoms with Gasteiger partial charge in [-0.05, 0) is 24.1 Å². The number of aryl methyl sites for hydroxylation is 1. The summed E-state index contributed by atoms with van der Waals surface area (Å²) in [6, 6.07) is 6.14. The van der Waals surface area contributed by atoms with Crippen molar-refractivity contribution < 1.29 is 10.2 Å². The molecule has 2 N–H and O–H groups in total. The molecule has 1 saturated heterocycles. The van der Waals surface area contributed by atoms with E-state index in [0.717, 1.165) is 38.3 Å². The van der Waals surface area contributed by atoms with Crippen LogP contribution in [0, 0.1) is 6.92 Å². The molecule has 100 valence electrons. The van der Waals surface area contributed by atoms with Gasteiger partial charge >= 0.3 is 0 Å². The minimum atomic E-state index is 0.103. The minimum absolute atomic E-state index is 0.103. The number of rotatable bonds is 4. The van der Waals surface area contributed by atoms with Gasteiger partial charge in [-0.1, -0.05) is 12.1 Å². The van der Waals surface area contributed by atoms with Crippen molar-refractivity contribution in [1.82, 2.24) is 4.90 Å². The lowest BCUT2D eigenvalue weighted by Gasteiger charge is -2.36. The van der Waals surface area contributed by atoms with Gasteiger partial charge in [-0.2, -0.15) is 0 Å². The summed E-state index contributed by atoms with van der Waals surface area (Å²) in [4.78, 5) is 4.66. The maximum atomic E-state index is 9.11. The van der Waals surface area contributed by atoms with Crippen molar-refractivity contribution in [2.45, 2.75) is 13.5 Å². The molecule has 0 unspecified atom stereocenters. The van der Waals surface area contributed by atoms with Crippen LogP contribution >= 0.6 is 0 Å². The molecule has 0 aromatic heterocycles. The Morgan fingerprint density at radius 1 is 1.11 bits per heavy atom. The normalized spacial score (nSPS) is 17.2. The molecular weight excluding hydrogens is 228 g/mol. The van der Waals surface area contributed by atoms with Crippen LogP contribution in [0.5, 0.6) is 0 Å². The van der Waals surface area contributed by atoms with Gasteiger partial charge in [-0.25, -0.2) is 0 Å². The highest BCUT2D eigenvalue weighted by molar-refractivity contribution is 5.54. The molecule has 1 aromatic rings. The lowest BCUT2D eigenvalue weighted by atomic mass is 10.1. The predicted octanol–water partition coefficient (Wildman–Crippen LogP) is 0.602. The Balaban J connectivity index is 2.01. The third-order valence-electron chi connectivity index (χ3n) is 3.57. The Morgan fingerprint density at radius 2 is 1.83 bits per heavy atom. The lowest BCUT2D eigenvalue weighted by molar-refractivity contribution is 0.188. The van der Waals surface area contributed by atoms with E-state index in [1.165, 1.54) is 11.3 Å². The maximum absolute atomic E-state index is 9.11. The first-order valence-electron chi connectivity index (χ1n) is 6.53. The zero-order chi connectivity index (χ0) is 13.0. The fourth-order valence-corrected chi connectivity index (χ4v) is 2.52. The number of aliphatic hydroxyl groups excluding tert-OH is 2. The first kappa shape index (κ1) is 13.3. The number of piperazine rings is 1. The van der Waals surface area contributed by atoms with Crippen molar-refractivity contribution in [3.63, 3.8) is 0 Å². The Labute approximate surface area is 108 Å². The Kier molecular flexibility index (Phi) is 4.58. The molecule has 4 nitrogen and oxygen atoms in total. The van der Waals surface area contributed by atoms with E-state index in [2.05, 4.69) is 28.9 Å². The molecule has 0 atom stereocenters. The van der Waals surface area contributed by atoms with Gasteiger partial charge in [0.15, 0.2) is 0 Å². The zero-order valence-corrected chi connectivity index (χ0v) is 11.0. The van der Waals surface area contributed by atoms with Crippen molar-refractivity contribution in [2.75, 3.05) is 44.2 Å². The van der Waals surface area contributed by atoms with Crippen LogP contribution in [0.3, 0.4) is 0 Å². The van der Waals surface area contributed by atoms with Crippen LogP contribution in [-0.2, 0) is 6.61 Å². The Morgan fingerprint density at radius 3 is 2.39 bits per heavy atom. The quantitative estimate of drug-likeness (QED) is 0.821. The summed E-state index contributed by atoms with van der Waals surface area (Å²) < 4.78 is 0. The third-order valence-corrected chi connectivity index (χ3v) is 3.57. The van der Waals surface area contributed by atoms with Crippen LogP contribution in [0.2, 0.25) is 0 Å². The molecule has 1 aliphatic rings. The van der Waals surface area contributed by atoms with Crippen LogP contribution < -0.4 is 4.90 Å². The molecule has 4 heteroatoms. The summed E-state index contributed by atoms with van der Waals surface area (Å²) in [6.45, 7) is 7.21. The number of nitrogens with zero attached hydrogens (tertiary/aromatic N) is 2. The van der Waals surface area contributed by atoms with Crippen LogP contribution in [-0.4, -0.2) is 54.4 Å². The summed E-state index contributed by atoms with van der Waals surface area (Å²) >= 11 is 0. The topological polar surface area (TPSA) is 46.9 Å². The molecule has 0 bridgehead atoms. The molecular formula is C14H22N2O2. The summed E-state index contributed by atoms with van der Waals surface area (Å²) in [7, 11) is 0. The van der Waals surface area contributed by atoms with E-state index in [0.29, 0.717) is 0 Å². The van der Waals surface area contributed by atoms with Crippen LogP contribution in [0.1, 0.15) is 11.1 Å². The van der Waals surface area contributed by atoms with Gasteiger partial charge in [0.2, 0.25) is 0 Å². The molecule has 2 rings (SSSR count). The molecule has 1 aliphatic heterocycles. The first-order chi connectivity index (χ1) is 8.74. The van der Waals surface area contributed by atoms with E-state index in [-0.39, 0.29) is 13.2 Å². The molecule has 0 spiro atoms. The summed E-state index contributed by atoms with van der Waals surface area (Å²) in [6.07, 6.45) is 0. The van der Waals surface area contributed by atoms with E-state index in [1.54, 1.807) is 0 Å². The number of hydrogen-bond donors (Lipinski definition) is 2. The van der Waals surface area contributed by atoms with Gasteiger partial charge in [-0.15, -0.1) is 0 Å². The van der Waals surface area contributed by atoms with Crippen molar-refractivity contribution in [3.05, 3.63) is 29.3 Å². The Hall–Kier alpha value is -1.10. The van der Waals surface area contributed by atoms with Crippen molar-refractivity contribution in [3.8, 4) is 0 Å². The van der Waals surface area contributed by atoms with Gasteiger partial charge in [0.1, 0.15) is 0 Å². The fraction of sp³-hybridized carbons (Fsp3) is 0.571. The molecule has 0 radical (unpaired) electrons. The van der Waals surface area contributed by atoms with Gasteiger partial charge < -0.3 is 15.1 Å². The molecule has 1 fully saturated rings. The highest BCUT2D eigenvalue weighted by atomic mass is 16.3. The van der Waals surface area contributed by atoms with E-state index < -0.39 is 0 Å². The zero-order valence-electron chi connectivity index (χ0n) is 11.0. The molecule has 1 heterocycles. The number of aliphatic hydroxyl groups is 2. The number of hydrogen-bond acceptors (Lipinski definition) is 4. The standard InChI is InChI=1S/C14H22N2O2/c1-12-10-13(11-18)2-3-14(12)16-6-4-15(5-7-16)8-9-17/h2-3,10,17-18H,4-9,11H2,1H3. The molecule has 0 aliphatic carbocycles. The van der Waals surface area contributed by atoms with Crippen molar-refractivity contribution >= 4 is 5.69 Å². The number of anilines is 1. The molecule has 18 heavy (non-hydrogen) atoms. The first-order valence-corrected chi connectivity index (χ1v) is 6.53. The van der Waals surface area contributed by atoms with E-state index in [1.807, 2.05) is 6.07 Å². The second-order valence-electron chi connectivity index (χ2n) is 4.83. The second kappa shape index (κ2) is 6.18. The van der Waals surface area contributed by atoms with Crippen molar-refractivity contribution in [2.24, 2.45) is 0 Å². The average Bonchev–Trinajstić information content (AvgIpc) is 2.40. The van der Waals surface area contributed by atoms with E-state index in [9.17, 15) is 0 Å². The average molecular weight is 250 g/mol.